The van der Waals surface area contributed by atoms with Gasteiger partial charge in [-0.05, 0) is 34.0 Å². The molecule has 134 valence electrons. The molecule has 0 aliphatic heterocycles. The van der Waals surface area contributed by atoms with Gasteiger partial charge in [0.05, 0.1) is 20.6 Å². The van der Waals surface area contributed by atoms with Crippen LogP contribution in [0.15, 0.2) is 60.7 Å². The summed E-state index contributed by atoms with van der Waals surface area (Å²) in [7, 11) is 5.04. The average Bonchev–Trinajstić information content (AvgIpc) is 2.68. The van der Waals surface area contributed by atoms with E-state index in [-0.39, 0.29) is 5.91 Å². The van der Waals surface area contributed by atoms with E-state index in [1.54, 1.807) is 19.1 Å². The molecule has 0 aromatic heterocycles. The summed E-state index contributed by atoms with van der Waals surface area (Å²) in [4.78, 5) is 14.4. The van der Waals surface area contributed by atoms with E-state index in [0.29, 0.717) is 24.5 Å². The molecule has 26 heavy (non-hydrogen) atoms. The van der Waals surface area contributed by atoms with Crippen molar-refractivity contribution in [3.05, 3.63) is 71.8 Å². The molecule has 3 rings (SSSR count). The second-order valence-corrected chi connectivity index (χ2v) is 6.25. The molecule has 1 amide bonds. The Morgan fingerprint density at radius 3 is 2.42 bits per heavy atom. The van der Waals surface area contributed by atoms with Gasteiger partial charge in [-0.1, -0.05) is 48.5 Å². The van der Waals surface area contributed by atoms with Gasteiger partial charge in [0.2, 0.25) is 5.91 Å². The highest BCUT2D eigenvalue weighted by Gasteiger charge is 2.13. The van der Waals surface area contributed by atoms with Crippen LogP contribution in [-0.4, -0.2) is 32.1 Å². The van der Waals surface area contributed by atoms with E-state index in [1.807, 2.05) is 49.5 Å². The zero-order valence-corrected chi connectivity index (χ0v) is 15.4. The molecule has 0 radical (unpaired) electrons. The number of benzene rings is 3. The van der Waals surface area contributed by atoms with Crippen molar-refractivity contribution in [2.24, 2.45) is 0 Å². The van der Waals surface area contributed by atoms with Gasteiger partial charge < -0.3 is 14.4 Å². The van der Waals surface area contributed by atoms with E-state index < -0.39 is 0 Å². The number of rotatable bonds is 6. The predicted molar refractivity (Wildman–Crippen MR) is 104 cm³/mol. The van der Waals surface area contributed by atoms with Crippen molar-refractivity contribution in [2.45, 2.75) is 13.0 Å². The molecule has 0 saturated carbocycles. The number of likely N-dealkylation sites (N-methyl/N-ethyl adjacent to an activating group) is 1. The molecule has 3 aromatic carbocycles. The van der Waals surface area contributed by atoms with Gasteiger partial charge >= 0.3 is 0 Å². The fourth-order valence-corrected chi connectivity index (χ4v) is 3.09. The maximum atomic E-state index is 12.7. The quantitative estimate of drug-likeness (QED) is 0.674. The Kier molecular flexibility index (Phi) is 5.42. The molecule has 0 heterocycles. The van der Waals surface area contributed by atoms with Crippen LogP contribution in [0.4, 0.5) is 0 Å². The zero-order chi connectivity index (χ0) is 18.5. The highest BCUT2D eigenvalue weighted by molar-refractivity contribution is 5.90. The Labute approximate surface area is 154 Å². The van der Waals surface area contributed by atoms with Crippen molar-refractivity contribution in [3.8, 4) is 11.5 Å². The maximum Gasteiger partial charge on any atom is 0.227 e. The molecule has 0 aliphatic carbocycles. The van der Waals surface area contributed by atoms with Gasteiger partial charge in [-0.15, -0.1) is 0 Å². The molecule has 0 aliphatic rings. The van der Waals surface area contributed by atoms with Gasteiger partial charge in [0.1, 0.15) is 0 Å². The van der Waals surface area contributed by atoms with Crippen molar-refractivity contribution in [1.82, 2.24) is 4.90 Å². The number of methoxy groups -OCH3 is 2. The summed E-state index contributed by atoms with van der Waals surface area (Å²) in [6.07, 6.45) is 0.380. The van der Waals surface area contributed by atoms with Gasteiger partial charge in [0, 0.05) is 13.6 Å². The molecule has 4 nitrogen and oxygen atoms in total. The third kappa shape index (κ3) is 3.80. The largest absolute Gasteiger partial charge is 0.493 e. The van der Waals surface area contributed by atoms with Crippen LogP contribution in [0.1, 0.15) is 11.1 Å². The van der Waals surface area contributed by atoms with Gasteiger partial charge in [0.15, 0.2) is 11.5 Å². The topological polar surface area (TPSA) is 38.8 Å². The first kappa shape index (κ1) is 17.8. The van der Waals surface area contributed by atoms with Crippen LogP contribution in [-0.2, 0) is 17.8 Å². The number of hydrogen-bond acceptors (Lipinski definition) is 3. The monoisotopic (exact) mass is 349 g/mol. The molecular formula is C22H23NO3. The van der Waals surface area contributed by atoms with Crippen molar-refractivity contribution in [2.75, 3.05) is 21.3 Å². The standard InChI is InChI=1S/C22H23NO3/c1-23(15-16-11-12-20(25-2)21(13-16)26-3)22(24)14-18-9-6-8-17-7-4-5-10-19(17)18/h4-13H,14-15H2,1-3H3. The Morgan fingerprint density at radius 2 is 1.65 bits per heavy atom. The molecule has 3 aromatic rings. The molecule has 4 heteroatoms. The first-order valence-electron chi connectivity index (χ1n) is 8.54. The molecule has 0 N–H and O–H groups in total. The number of amides is 1. The summed E-state index contributed by atoms with van der Waals surface area (Å²) in [5.41, 5.74) is 2.05. The number of fused-ring (bicyclic) bond motifs is 1. The van der Waals surface area contributed by atoms with Gasteiger partial charge in [-0.25, -0.2) is 0 Å². The number of carbonyl (C=O) groups excluding carboxylic acids is 1. The Bertz CT molecular complexity index is 915. The van der Waals surface area contributed by atoms with Gasteiger partial charge in [0.25, 0.3) is 0 Å². The van der Waals surface area contributed by atoms with Gasteiger partial charge in [-0.3, -0.25) is 4.79 Å². The van der Waals surface area contributed by atoms with Crippen LogP contribution in [0, 0.1) is 0 Å². The molecule has 0 unspecified atom stereocenters. The van der Waals surface area contributed by atoms with E-state index in [2.05, 4.69) is 18.2 Å². The predicted octanol–water partition coefficient (Wildman–Crippen LogP) is 4.06. The lowest BCUT2D eigenvalue weighted by molar-refractivity contribution is -0.129. The van der Waals surface area contributed by atoms with Crippen molar-refractivity contribution < 1.29 is 14.3 Å². The van der Waals surface area contributed by atoms with Crippen LogP contribution in [0.2, 0.25) is 0 Å². The number of ether oxygens (including phenoxy) is 2. The Balaban J connectivity index is 1.74. The minimum Gasteiger partial charge on any atom is -0.493 e. The molecular weight excluding hydrogens is 326 g/mol. The molecule has 0 bridgehead atoms. The van der Waals surface area contributed by atoms with E-state index >= 15 is 0 Å². The minimum absolute atomic E-state index is 0.0798. The molecule has 0 saturated heterocycles. The second kappa shape index (κ2) is 7.91. The van der Waals surface area contributed by atoms with Crippen molar-refractivity contribution >= 4 is 16.7 Å². The summed E-state index contributed by atoms with van der Waals surface area (Å²) in [5.74, 6) is 1.43. The summed E-state index contributed by atoms with van der Waals surface area (Å²) < 4.78 is 10.6. The fraction of sp³-hybridized carbons (Fsp3) is 0.227. The first-order valence-corrected chi connectivity index (χ1v) is 8.54. The van der Waals surface area contributed by atoms with E-state index in [0.717, 1.165) is 21.9 Å². The summed E-state index contributed by atoms with van der Waals surface area (Å²) >= 11 is 0. The van der Waals surface area contributed by atoms with Crippen molar-refractivity contribution in [3.63, 3.8) is 0 Å². The Morgan fingerprint density at radius 1 is 0.923 bits per heavy atom. The molecule has 0 atom stereocenters. The smallest absolute Gasteiger partial charge is 0.227 e. The first-order chi connectivity index (χ1) is 12.6. The van der Waals surface area contributed by atoms with Crippen LogP contribution < -0.4 is 9.47 Å². The van der Waals surface area contributed by atoms with Crippen molar-refractivity contribution in [1.29, 1.82) is 0 Å². The normalized spacial score (nSPS) is 10.6. The van der Waals surface area contributed by atoms with Crippen LogP contribution >= 0.6 is 0 Å². The Hall–Kier alpha value is -3.01. The maximum absolute atomic E-state index is 12.7. The van der Waals surface area contributed by atoms with E-state index in [4.69, 9.17) is 9.47 Å². The second-order valence-electron chi connectivity index (χ2n) is 6.25. The minimum atomic E-state index is 0.0798. The SMILES string of the molecule is COc1ccc(CN(C)C(=O)Cc2cccc3ccccc23)cc1OC. The molecule has 0 spiro atoms. The summed E-state index contributed by atoms with van der Waals surface area (Å²) in [6, 6.07) is 19.9. The molecule has 0 fully saturated rings. The van der Waals surface area contributed by atoms with Crippen LogP contribution in [0.5, 0.6) is 11.5 Å². The zero-order valence-electron chi connectivity index (χ0n) is 15.4. The fourth-order valence-electron chi connectivity index (χ4n) is 3.09. The summed E-state index contributed by atoms with van der Waals surface area (Å²) in [5, 5.41) is 2.28. The lowest BCUT2D eigenvalue weighted by Crippen LogP contribution is -2.27. The number of carbonyl (C=O) groups is 1. The van der Waals surface area contributed by atoms with Crippen LogP contribution in [0.25, 0.3) is 10.8 Å². The van der Waals surface area contributed by atoms with E-state index in [9.17, 15) is 4.79 Å². The number of hydrogen-bond donors (Lipinski definition) is 0. The van der Waals surface area contributed by atoms with Crippen LogP contribution in [0.3, 0.4) is 0 Å². The lowest BCUT2D eigenvalue weighted by atomic mass is 10.0. The highest BCUT2D eigenvalue weighted by atomic mass is 16.5. The summed E-state index contributed by atoms with van der Waals surface area (Å²) in [6.45, 7) is 0.518. The van der Waals surface area contributed by atoms with Gasteiger partial charge in [-0.2, -0.15) is 0 Å². The highest BCUT2D eigenvalue weighted by Crippen LogP contribution is 2.28. The number of nitrogens with zero attached hydrogens (tertiary/aromatic N) is 1. The van der Waals surface area contributed by atoms with E-state index in [1.165, 1.54) is 0 Å². The lowest BCUT2D eigenvalue weighted by Gasteiger charge is -2.19. The third-order valence-electron chi connectivity index (χ3n) is 4.52. The average molecular weight is 349 g/mol. The third-order valence-corrected chi connectivity index (χ3v) is 4.52.